The fourth-order valence-corrected chi connectivity index (χ4v) is 3.77. The van der Waals surface area contributed by atoms with Crippen LogP contribution in [0, 0.1) is 0 Å². The molecule has 154 valence electrons. The lowest BCUT2D eigenvalue weighted by Crippen LogP contribution is -2.36. The Bertz CT molecular complexity index is 946. The molecule has 30 heavy (non-hydrogen) atoms. The van der Waals surface area contributed by atoms with Crippen LogP contribution in [-0.4, -0.2) is 43.4 Å². The van der Waals surface area contributed by atoms with E-state index in [0.717, 1.165) is 50.4 Å². The molecule has 6 nitrogen and oxygen atoms in total. The first-order chi connectivity index (χ1) is 14.8. The van der Waals surface area contributed by atoms with E-state index in [1.54, 1.807) is 6.21 Å². The van der Waals surface area contributed by atoms with Crippen molar-refractivity contribution in [2.45, 2.75) is 12.8 Å². The summed E-state index contributed by atoms with van der Waals surface area (Å²) in [6.07, 6.45) is 5.89. The molecule has 0 bridgehead atoms. The van der Waals surface area contributed by atoms with Crippen molar-refractivity contribution in [2.24, 2.45) is 5.10 Å². The number of allylic oxidation sites excluding steroid dienone is 2. The summed E-state index contributed by atoms with van der Waals surface area (Å²) in [5.74, 6) is 0. The SMILES string of the molecule is O=C(NN=CC1=C(N2CCOCC2)/C(=C\c2ccccc2)CC1)Nc1ccccc1. The zero-order valence-electron chi connectivity index (χ0n) is 16.9. The van der Waals surface area contributed by atoms with Gasteiger partial charge in [0.15, 0.2) is 0 Å². The first-order valence-electron chi connectivity index (χ1n) is 10.3. The van der Waals surface area contributed by atoms with E-state index >= 15 is 0 Å². The summed E-state index contributed by atoms with van der Waals surface area (Å²) in [6, 6.07) is 19.3. The van der Waals surface area contributed by atoms with E-state index in [-0.39, 0.29) is 6.03 Å². The largest absolute Gasteiger partial charge is 0.378 e. The average Bonchev–Trinajstić information content (AvgIpc) is 3.18. The number of nitrogens with one attached hydrogen (secondary N) is 2. The van der Waals surface area contributed by atoms with Crippen LogP contribution in [0.3, 0.4) is 0 Å². The van der Waals surface area contributed by atoms with Gasteiger partial charge in [-0.15, -0.1) is 0 Å². The number of hydrogen-bond acceptors (Lipinski definition) is 4. The lowest BCUT2D eigenvalue weighted by molar-refractivity contribution is 0.0548. The Kier molecular flexibility index (Phi) is 6.57. The monoisotopic (exact) mass is 402 g/mol. The molecule has 2 N–H and O–H groups in total. The van der Waals surface area contributed by atoms with Gasteiger partial charge in [-0.1, -0.05) is 48.5 Å². The molecule has 0 unspecified atom stereocenters. The van der Waals surface area contributed by atoms with E-state index in [4.69, 9.17) is 4.74 Å². The van der Waals surface area contributed by atoms with E-state index in [1.165, 1.54) is 16.8 Å². The molecule has 0 saturated carbocycles. The summed E-state index contributed by atoms with van der Waals surface area (Å²) in [6.45, 7) is 3.18. The Morgan fingerprint density at radius 1 is 0.967 bits per heavy atom. The van der Waals surface area contributed by atoms with Gasteiger partial charge in [0.2, 0.25) is 0 Å². The molecule has 0 spiro atoms. The maximum Gasteiger partial charge on any atom is 0.339 e. The highest BCUT2D eigenvalue weighted by Gasteiger charge is 2.25. The standard InChI is InChI=1S/C24H26N4O2/c29-24(26-22-9-5-2-6-10-22)27-25-18-21-12-11-20(17-19-7-3-1-4-8-19)23(21)28-13-15-30-16-14-28/h1-10,17-18H,11-16H2,(H2,26,27,29)/b20-17-,25-18?. The van der Waals surface area contributed by atoms with Gasteiger partial charge in [-0.05, 0) is 47.8 Å². The second-order valence-electron chi connectivity index (χ2n) is 7.24. The summed E-state index contributed by atoms with van der Waals surface area (Å²) < 4.78 is 5.53. The summed E-state index contributed by atoms with van der Waals surface area (Å²) >= 11 is 0. The number of hydrazone groups is 1. The Morgan fingerprint density at radius 2 is 1.67 bits per heavy atom. The number of amides is 2. The zero-order chi connectivity index (χ0) is 20.6. The van der Waals surface area contributed by atoms with Gasteiger partial charge < -0.3 is 15.0 Å². The first-order valence-corrected chi connectivity index (χ1v) is 10.3. The number of urea groups is 1. The normalized spacial score (nSPS) is 18.3. The molecule has 0 radical (unpaired) electrons. The maximum atomic E-state index is 12.1. The van der Waals surface area contributed by atoms with Crippen molar-refractivity contribution in [2.75, 3.05) is 31.6 Å². The highest BCUT2D eigenvalue weighted by molar-refractivity contribution is 5.90. The molecule has 2 aromatic carbocycles. The molecule has 2 aliphatic rings. The summed E-state index contributed by atoms with van der Waals surface area (Å²) in [5, 5.41) is 6.97. The lowest BCUT2D eigenvalue weighted by atomic mass is 10.1. The van der Waals surface area contributed by atoms with E-state index in [2.05, 4.69) is 51.1 Å². The Balaban J connectivity index is 1.50. The third-order valence-electron chi connectivity index (χ3n) is 5.16. The predicted octanol–water partition coefficient (Wildman–Crippen LogP) is 4.26. The highest BCUT2D eigenvalue weighted by Crippen LogP contribution is 2.34. The molecule has 2 amide bonds. The van der Waals surface area contributed by atoms with Crippen LogP contribution >= 0.6 is 0 Å². The second kappa shape index (κ2) is 9.89. The Morgan fingerprint density at radius 3 is 2.40 bits per heavy atom. The number of benzene rings is 2. The van der Waals surface area contributed by atoms with E-state index in [1.807, 2.05) is 36.4 Å². The van der Waals surface area contributed by atoms with E-state index < -0.39 is 0 Å². The number of anilines is 1. The van der Waals surface area contributed by atoms with Gasteiger partial charge in [0, 0.05) is 24.5 Å². The number of carbonyl (C=O) groups excluding carboxylic acids is 1. The molecule has 6 heteroatoms. The van der Waals surface area contributed by atoms with Crippen molar-refractivity contribution < 1.29 is 9.53 Å². The second-order valence-corrected chi connectivity index (χ2v) is 7.24. The van der Waals surface area contributed by atoms with Crippen LogP contribution in [0.25, 0.3) is 6.08 Å². The highest BCUT2D eigenvalue weighted by atomic mass is 16.5. The summed E-state index contributed by atoms with van der Waals surface area (Å²) in [7, 11) is 0. The molecule has 1 aliphatic carbocycles. The van der Waals surface area contributed by atoms with Crippen LogP contribution in [0.5, 0.6) is 0 Å². The number of rotatable bonds is 5. The first kappa shape index (κ1) is 19.9. The molecule has 0 aromatic heterocycles. The number of carbonyl (C=O) groups is 1. The van der Waals surface area contributed by atoms with Crippen molar-refractivity contribution in [1.29, 1.82) is 0 Å². The third kappa shape index (κ3) is 5.15. The molecule has 1 saturated heterocycles. The molecule has 1 heterocycles. The number of ether oxygens (including phenoxy) is 1. The minimum atomic E-state index is -0.357. The minimum absolute atomic E-state index is 0.357. The quantitative estimate of drug-likeness (QED) is 0.580. The molecule has 1 fully saturated rings. The minimum Gasteiger partial charge on any atom is -0.378 e. The smallest absolute Gasteiger partial charge is 0.339 e. The van der Waals surface area contributed by atoms with Crippen LogP contribution < -0.4 is 10.7 Å². The number of nitrogens with zero attached hydrogens (tertiary/aromatic N) is 2. The van der Waals surface area contributed by atoms with E-state index in [0.29, 0.717) is 0 Å². The number of para-hydroxylation sites is 1. The molecular formula is C24H26N4O2. The topological polar surface area (TPSA) is 66.0 Å². The number of morpholine rings is 1. The molecule has 4 rings (SSSR count). The van der Waals surface area contributed by atoms with Crippen LogP contribution in [0.2, 0.25) is 0 Å². The van der Waals surface area contributed by atoms with E-state index in [9.17, 15) is 4.79 Å². The Hall–Kier alpha value is -3.38. The van der Waals surface area contributed by atoms with Crippen molar-refractivity contribution in [3.8, 4) is 0 Å². The molecule has 1 aliphatic heterocycles. The van der Waals surface area contributed by atoms with Crippen LogP contribution in [-0.2, 0) is 4.74 Å². The van der Waals surface area contributed by atoms with Crippen molar-refractivity contribution in [1.82, 2.24) is 10.3 Å². The summed E-state index contributed by atoms with van der Waals surface area (Å²) in [4.78, 5) is 14.5. The number of hydrogen-bond donors (Lipinski definition) is 2. The molecule has 2 aromatic rings. The third-order valence-corrected chi connectivity index (χ3v) is 5.16. The van der Waals surface area contributed by atoms with Gasteiger partial charge >= 0.3 is 6.03 Å². The van der Waals surface area contributed by atoms with Gasteiger partial charge in [0.05, 0.1) is 19.4 Å². The van der Waals surface area contributed by atoms with Crippen LogP contribution in [0.15, 0.2) is 82.6 Å². The van der Waals surface area contributed by atoms with Gasteiger partial charge in [-0.2, -0.15) is 5.10 Å². The average molecular weight is 402 g/mol. The van der Waals surface area contributed by atoms with Crippen LogP contribution in [0.1, 0.15) is 18.4 Å². The van der Waals surface area contributed by atoms with Crippen molar-refractivity contribution in [3.05, 3.63) is 83.1 Å². The fraction of sp³-hybridized carbons (Fsp3) is 0.250. The maximum absolute atomic E-state index is 12.1. The zero-order valence-corrected chi connectivity index (χ0v) is 16.9. The lowest BCUT2D eigenvalue weighted by Gasteiger charge is -2.31. The van der Waals surface area contributed by atoms with Crippen molar-refractivity contribution >= 4 is 24.0 Å². The molecular weight excluding hydrogens is 376 g/mol. The van der Waals surface area contributed by atoms with Crippen molar-refractivity contribution in [3.63, 3.8) is 0 Å². The van der Waals surface area contributed by atoms with Gasteiger partial charge in [0.1, 0.15) is 0 Å². The predicted molar refractivity (Wildman–Crippen MR) is 120 cm³/mol. The van der Waals surface area contributed by atoms with Gasteiger partial charge in [0.25, 0.3) is 0 Å². The fourth-order valence-electron chi connectivity index (χ4n) is 3.77. The van der Waals surface area contributed by atoms with Crippen LogP contribution in [0.4, 0.5) is 10.5 Å². The van der Waals surface area contributed by atoms with Gasteiger partial charge in [-0.25, -0.2) is 10.2 Å². The van der Waals surface area contributed by atoms with Gasteiger partial charge in [-0.3, -0.25) is 0 Å². The molecule has 0 atom stereocenters. The Labute approximate surface area is 176 Å². The summed E-state index contributed by atoms with van der Waals surface area (Å²) in [5.41, 5.74) is 8.15.